The van der Waals surface area contributed by atoms with E-state index in [0.717, 1.165) is 50.6 Å². The second-order valence-corrected chi connectivity index (χ2v) is 8.87. The van der Waals surface area contributed by atoms with Gasteiger partial charge in [0.2, 0.25) is 0 Å². The topological polar surface area (TPSA) is 82.8 Å². The molecule has 1 saturated heterocycles. The van der Waals surface area contributed by atoms with E-state index in [0.29, 0.717) is 48.6 Å². The van der Waals surface area contributed by atoms with Crippen LogP contribution in [0.15, 0.2) is 36.7 Å². The molecule has 1 aliphatic rings. The van der Waals surface area contributed by atoms with Crippen molar-refractivity contribution >= 4 is 23.7 Å². The van der Waals surface area contributed by atoms with Crippen LogP contribution in [0.4, 0.5) is 14.6 Å². The molecule has 1 aliphatic heterocycles. The van der Waals surface area contributed by atoms with Gasteiger partial charge < -0.3 is 15.0 Å². The number of hydrogen-bond donors (Lipinski definition) is 1. The fraction of sp³-hybridized carbons (Fsp3) is 0.440. The van der Waals surface area contributed by atoms with Crippen LogP contribution in [0.1, 0.15) is 54.1 Å². The lowest BCUT2D eigenvalue weighted by Crippen LogP contribution is -2.26. The Bertz CT molecular complexity index is 1180. The van der Waals surface area contributed by atoms with Crippen molar-refractivity contribution in [1.82, 2.24) is 24.8 Å². The highest BCUT2D eigenvalue weighted by Crippen LogP contribution is 2.36. The maximum absolute atomic E-state index is 14.5. The van der Waals surface area contributed by atoms with E-state index in [1.54, 1.807) is 12.3 Å². The second-order valence-electron chi connectivity index (χ2n) is 8.87. The number of amides is 1. The average Bonchev–Trinajstić information content (AvgIpc) is 3.50. The van der Waals surface area contributed by atoms with Crippen LogP contribution in [-0.2, 0) is 4.79 Å². The van der Waals surface area contributed by atoms with Gasteiger partial charge in [-0.2, -0.15) is 5.10 Å². The van der Waals surface area contributed by atoms with Gasteiger partial charge in [-0.3, -0.25) is 9.69 Å². The Morgan fingerprint density at radius 2 is 2.11 bits per heavy atom. The number of unbranched alkanes of at least 4 members (excludes halogenated alkanes) is 2. The molecule has 0 spiro atoms. The third-order valence-corrected chi connectivity index (χ3v) is 6.35. The van der Waals surface area contributed by atoms with Crippen molar-refractivity contribution in [3.63, 3.8) is 0 Å². The number of halogens is 2. The third kappa shape index (κ3) is 5.82. The molecule has 3 aromatic rings. The SMILES string of the molecule is CN(CC=O)CCCCCNC(=O)c1cnn2ccc(N3CCC[C@@H]3c3cc(F)ccc3F)nc12. The molecule has 1 atom stereocenters. The molecular weight excluding hydrogens is 454 g/mol. The molecule has 1 N–H and O–H groups in total. The molecule has 2 aromatic heterocycles. The highest BCUT2D eigenvalue weighted by Gasteiger charge is 2.30. The molecule has 0 unspecified atom stereocenters. The van der Waals surface area contributed by atoms with Crippen molar-refractivity contribution in [1.29, 1.82) is 0 Å². The second kappa shape index (κ2) is 11.4. The molecule has 1 amide bonds. The molecule has 0 radical (unpaired) electrons. The lowest BCUT2D eigenvalue weighted by Gasteiger charge is -2.26. The van der Waals surface area contributed by atoms with Crippen molar-refractivity contribution in [2.75, 3.05) is 38.1 Å². The van der Waals surface area contributed by atoms with Gasteiger partial charge in [-0.1, -0.05) is 6.42 Å². The van der Waals surface area contributed by atoms with Crippen LogP contribution < -0.4 is 10.2 Å². The Balaban J connectivity index is 1.42. The first-order chi connectivity index (χ1) is 17.0. The van der Waals surface area contributed by atoms with Crippen LogP contribution in [0.2, 0.25) is 0 Å². The Morgan fingerprint density at radius 1 is 1.26 bits per heavy atom. The molecule has 1 aromatic carbocycles. The first kappa shape index (κ1) is 24.7. The quantitative estimate of drug-likeness (QED) is 0.332. The number of rotatable bonds is 11. The van der Waals surface area contributed by atoms with Crippen LogP contribution in [0, 0.1) is 11.6 Å². The fourth-order valence-corrected chi connectivity index (χ4v) is 4.51. The van der Waals surface area contributed by atoms with Gasteiger partial charge in [-0.25, -0.2) is 18.3 Å². The number of anilines is 1. The summed E-state index contributed by atoms with van der Waals surface area (Å²) < 4.78 is 29.8. The number of hydrogen-bond acceptors (Lipinski definition) is 6. The lowest BCUT2D eigenvalue weighted by molar-refractivity contribution is -0.108. The van der Waals surface area contributed by atoms with Gasteiger partial charge in [0.15, 0.2) is 5.65 Å². The molecule has 0 saturated carbocycles. The highest BCUT2D eigenvalue weighted by molar-refractivity contribution is 5.99. The van der Waals surface area contributed by atoms with E-state index in [1.807, 2.05) is 16.8 Å². The number of carbonyl (C=O) groups excluding carboxylic acids is 2. The van der Waals surface area contributed by atoms with E-state index in [2.05, 4.69) is 15.4 Å². The van der Waals surface area contributed by atoms with E-state index >= 15 is 0 Å². The highest BCUT2D eigenvalue weighted by atomic mass is 19.1. The smallest absolute Gasteiger partial charge is 0.256 e. The summed E-state index contributed by atoms with van der Waals surface area (Å²) in [6.45, 7) is 2.45. The Morgan fingerprint density at radius 3 is 2.94 bits per heavy atom. The molecule has 8 nitrogen and oxygen atoms in total. The first-order valence-electron chi connectivity index (χ1n) is 11.9. The minimum atomic E-state index is -0.473. The molecule has 0 aliphatic carbocycles. The van der Waals surface area contributed by atoms with Crippen LogP contribution in [-0.4, -0.2) is 64.9 Å². The van der Waals surface area contributed by atoms with Gasteiger partial charge in [-0.05, 0) is 63.5 Å². The molecule has 3 heterocycles. The normalized spacial score (nSPS) is 15.8. The number of carbonyl (C=O) groups is 2. The van der Waals surface area contributed by atoms with E-state index in [9.17, 15) is 18.4 Å². The monoisotopic (exact) mass is 484 g/mol. The molecule has 186 valence electrons. The zero-order valence-corrected chi connectivity index (χ0v) is 19.8. The minimum Gasteiger partial charge on any atom is -0.352 e. The van der Waals surface area contributed by atoms with E-state index in [1.165, 1.54) is 16.8 Å². The van der Waals surface area contributed by atoms with Gasteiger partial charge in [0, 0.05) is 24.8 Å². The predicted molar refractivity (Wildman–Crippen MR) is 128 cm³/mol. The van der Waals surface area contributed by atoms with Crippen molar-refractivity contribution in [3.05, 3.63) is 59.4 Å². The summed E-state index contributed by atoms with van der Waals surface area (Å²) in [5, 5.41) is 7.16. The van der Waals surface area contributed by atoms with Crippen molar-refractivity contribution in [2.24, 2.45) is 0 Å². The Labute approximate surface area is 202 Å². The number of likely N-dealkylation sites (N-methyl/N-ethyl adjacent to an activating group) is 1. The molecule has 35 heavy (non-hydrogen) atoms. The predicted octanol–water partition coefficient (Wildman–Crippen LogP) is 3.38. The van der Waals surface area contributed by atoms with Crippen molar-refractivity contribution < 1.29 is 18.4 Å². The van der Waals surface area contributed by atoms with Crippen LogP contribution >= 0.6 is 0 Å². The maximum atomic E-state index is 14.5. The third-order valence-electron chi connectivity index (χ3n) is 6.35. The first-order valence-corrected chi connectivity index (χ1v) is 11.9. The Kier molecular flexibility index (Phi) is 8.02. The van der Waals surface area contributed by atoms with Gasteiger partial charge in [0.25, 0.3) is 5.91 Å². The number of aromatic nitrogens is 3. The van der Waals surface area contributed by atoms with E-state index < -0.39 is 11.6 Å². The fourth-order valence-electron chi connectivity index (χ4n) is 4.51. The van der Waals surface area contributed by atoms with Gasteiger partial charge >= 0.3 is 0 Å². The number of nitrogens with one attached hydrogen (secondary N) is 1. The zero-order chi connectivity index (χ0) is 24.8. The summed E-state index contributed by atoms with van der Waals surface area (Å²) in [6.07, 6.45) is 8.33. The summed E-state index contributed by atoms with van der Waals surface area (Å²) in [5.41, 5.74) is 1.10. The zero-order valence-electron chi connectivity index (χ0n) is 19.8. The van der Waals surface area contributed by atoms with Crippen LogP contribution in [0.25, 0.3) is 5.65 Å². The Hall–Kier alpha value is -3.40. The molecule has 4 rings (SSSR count). The largest absolute Gasteiger partial charge is 0.352 e. The van der Waals surface area contributed by atoms with E-state index in [4.69, 9.17) is 0 Å². The average molecular weight is 485 g/mol. The summed E-state index contributed by atoms with van der Waals surface area (Å²) in [6, 6.07) is 4.96. The van der Waals surface area contributed by atoms with E-state index in [-0.39, 0.29) is 11.9 Å². The summed E-state index contributed by atoms with van der Waals surface area (Å²) >= 11 is 0. The summed E-state index contributed by atoms with van der Waals surface area (Å²) in [5.74, 6) is -0.571. The number of nitrogens with zero attached hydrogens (tertiary/aromatic N) is 5. The molecule has 10 heteroatoms. The molecule has 0 bridgehead atoms. The summed E-state index contributed by atoms with van der Waals surface area (Å²) in [4.78, 5) is 31.9. The van der Waals surface area contributed by atoms with Crippen LogP contribution in [0.3, 0.4) is 0 Å². The molecular formula is C25H30F2N6O2. The van der Waals surface area contributed by atoms with Gasteiger partial charge in [0.05, 0.1) is 18.8 Å². The van der Waals surface area contributed by atoms with Crippen molar-refractivity contribution in [3.8, 4) is 0 Å². The molecule has 1 fully saturated rings. The van der Waals surface area contributed by atoms with Gasteiger partial charge in [-0.15, -0.1) is 0 Å². The van der Waals surface area contributed by atoms with Gasteiger partial charge in [0.1, 0.15) is 29.3 Å². The number of benzene rings is 1. The minimum absolute atomic E-state index is 0.253. The maximum Gasteiger partial charge on any atom is 0.256 e. The standard InChI is InChI=1S/C25H30F2N6O2/c1-31(14-15-34)11-4-2-3-10-28-25(35)20-17-29-33-13-9-23(30-24(20)33)32-12-5-6-22(32)19-16-18(26)7-8-21(19)27/h7-9,13,15-17,22H,2-6,10-12,14H2,1H3,(H,28,35)/t22-/m1/s1. The summed E-state index contributed by atoms with van der Waals surface area (Å²) in [7, 11) is 1.90. The number of fused-ring (bicyclic) bond motifs is 1. The lowest BCUT2D eigenvalue weighted by atomic mass is 10.0. The van der Waals surface area contributed by atoms with Crippen LogP contribution in [0.5, 0.6) is 0 Å². The van der Waals surface area contributed by atoms with Crippen molar-refractivity contribution in [2.45, 2.75) is 38.1 Å². The number of aldehydes is 1.